The van der Waals surface area contributed by atoms with Crippen molar-refractivity contribution in [3.05, 3.63) is 40.2 Å². The van der Waals surface area contributed by atoms with Gasteiger partial charge in [-0.05, 0) is 41.1 Å². The monoisotopic (exact) mass is 375 g/mol. The lowest BCUT2D eigenvalue weighted by Gasteiger charge is -2.09. The SMILES string of the molecule is COc1cc(C)nc(NS(=O)(=O)c2ccc(Br)c(F)c2)n1. The number of sulfonamides is 1. The number of aryl methyl sites for hydroxylation is 1. The van der Waals surface area contributed by atoms with Crippen molar-refractivity contribution in [2.45, 2.75) is 11.8 Å². The Morgan fingerprint density at radius 2 is 2.00 bits per heavy atom. The molecule has 1 N–H and O–H groups in total. The minimum absolute atomic E-state index is 0.143. The van der Waals surface area contributed by atoms with E-state index >= 15 is 0 Å². The molecule has 0 radical (unpaired) electrons. The van der Waals surface area contributed by atoms with Crippen LogP contribution in [0, 0.1) is 12.7 Å². The van der Waals surface area contributed by atoms with Crippen LogP contribution in [-0.2, 0) is 10.0 Å². The van der Waals surface area contributed by atoms with Crippen molar-refractivity contribution in [1.29, 1.82) is 0 Å². The predicted molar refractivity (Wildman–Crippen MR) is 78.2 cm³/mol. The highest BCUT2D eigenvalue weighted by atomic mass is 79.9. The Bertz CT molecular complexity index is 783. The predicted octanol–water partition coefficient (Wildman–Crippen LogP) is 2.50. The van der Waals surface area contributed by atoms with Crippen LogP contribution in [0.15, 0.2) is 33.6 Å². The van der Waals surface area contributed by atoms with Gasteiger partial charge in [0.05, 0.1) is 16.5 Å². The molecule has 1 heterocycles. The van der Waals surface area contributed by atoms with Crippen LogP contribution in [0.4, 0.5) is 10.3 Å². The molecule has 0 bridgehead atoms. The summed E-state index contributed by atoms with van der Waals surface area (Å²) in [5, 5.41) is 0. The van der Waals surface area contributed by atoms with Crippen LogP contribution in [0.2, 0.25) is 0 Å². The van der Waals surface area contributed by atoms with E-state index in [0.29, 0.717) is 5.69 Å². The van der Waals surface area contributed by atoms with Crippen molar-refractivity contribution < 1.29 is 17.5 Å². The second kappa shape index (κ2) is 5.94. The third kappa shape index (κ3) is 3.67. The zero-order valence-corrected chi connectivity index (χ0v) is 13.5. The molecule has 0 spiro atoms. The van der Waals surface area contributed by atoms with Gasteiger partial charge in [0.25, 0.3) is 10.0 Å². The second-order valence-electron chi connectivity index (χ2n) is 4.06. The summed E-state index contributed by atoms with van der Waals surface area (Å²) in [5.41, 5.74) is 0.529. The van der Waals surface area contributed by atoms with Crippen LogP contribution >= 0.6 is 15.9 Å². The zero-order valence-electron chi connectivity index (χ0n) is 11.1. The molecule has 0 unspecified atom stereocenters. The highest BCUT2D eigenvalue weighted by Crippen LogP contribution is 2.21. The van der Waals surface area contributed by atoms with Crippen LogP contribution in [0.25, 0.3) is 0 Å². The average Bonchev–Trinajstić information content (AvgIpc) is 2.40. The van der Waals surface area contributed by atoms with Crippen molar-refractivity contribution in [3.63, 3.8) is 0 Å². The van der Waals surface area contributed by atoms with Crippen LogP contribution in [-0.4, -0.2) is 25.5 Å². The highest BCUT2D eigenvalue weighted by Gasteiger charge is 2.18. The summed E-state index contributed by atoms with van der Waals surface area (Å²) < 4.78 is 45.1. The van der Waals surface area contributed by atoms with Crippen LogP contribution in [0.1, 0.15) is 5.69 Å². The third-order valence-electron chi connectivity index (χ3n) is 2.47. The van der Waals surface area contributed by atoms with Gasteiger partial charge in [0.1, 0.15) is 5.82 Å². The molecule has 21 heavy (non-hydrogen) atoms. The second-order valence-corrected chi connectivity index (χ2v) is 6.59. The zero-order chi connectivity index (χ0) is 15.6. The number of rotatable bonds is 4. The van der Waals surface area contributed by atoms with Crippen LogP contribution < -0.4 is 9.46 Å². The lowest BCUT2D eigenvalue weighted by Crippen LogP contribution is -2.16. The Labute approximate surface area is 129 Å². The summed E-state index contributed by atoms with van der Waals surface area (Å²) in [6.45, 7) is 1.67. The number of halogens is 2. The Morgan fingerprint density at radius 1 is 1.29 bits per heavy atom. The van der Waals surface area contributed by atoms with Crippen LogP contribution in [0.3, 0.4) is 0 Å². The number of ether oxygens (including phenoxy) is 1. The molecule has 112 valence electrons. The number of nitrogens with zero attached hydrogens (tertiary/aromatic N) is 2. The van der Waals surface area contributed by atoms with Gasteiger partial charge in [-0.15, -0.1) is 0 Å². The molecule has 1 aromatic carbocycles. The van der Waals surface area contributed by atoms with E-state index in [9.17, 15) is 12.8 Å². The Hall–Kier alpha value is -1.74. The largest absolute Gasteiger partial charge is 0.481 e. The molecule has 0 aliphatic rings. The van der Waals surface area contributed by atoms with Crippen LogP contribution in [0.5, 0.6) is 5.88 Å². The molecule has 2 rings (SSSR count). The first-order valence-electron chi connectivity index (χ1n) is 5.69. The smallest absolute Gasteiger partial charge is 0.264 e. The Kier molecular flexibility index (Phi) is 4.43. The number of nitrogens with one attached hydrogen (secondary N) is 1. The van der Waals surface area contributed by atoms with E-state index in [0.717, 1.165) is 6.07 Å². The third-order valence-corrected chi connectivity index (χ3v) is 4.44. The van der Waals surface area contributed by atoms with Crippen molar-refractivity contribution in [2.75, 3.05) is 11.8 Å². The van der Waals surface area contributed by atoms with E-state index in [2.05, 4.69) is 30.6 Å². The van der Waals surface area contributed by atoms with E-state index in [-0.39, 0.29) is 21.2 Å². The number of benzene rings is 1. The summed E-state index contributed by atoms with van der Waals surface area (Å²) in [6, 6.07) is 5.03. The van der Waals surface area contributed by atoms with Crippen molar-refractivity contribution in [2.24, 2.45) is 0 Å². The number of hydrogen-bond acceptors (Lipinski definition) is 5. The summed E-state index contributed by atoms with van der Waals surface area (Å²) in [5.74, 6) is -0.599. The molecule has 9 heteroatoms. The van der Waals surface area contributed by atoms with Gasteiger partial charge in [-0.25, -0.2) is 22.5 Å². The highest BCUT2D eigenvalue weighted by molar-refractivity contribution is 9.10. The lowest BCUT2D eigenvalue weighted by molar-refractivity contribution is 0.397. The summed E-state index contributed by atoms with van der Waals surface area (Å²) in [4.78, 5) is 7.59. The first kappa shape index (κ1) is 15.6. The van der Waals surface area contributed by atoms with Gasteiger partial charge in [-0.2, -0.15) is 4.98 Å². The minimum atomic E-state index is -3.99. The van der Waals surface area contributed by atoms with E-state index < -0.39 is 15.8 Å². The van der Waals surface area contributed by atoms with Gasteiger partial charge in [0.2, 0.25) is 11.8 Å². The number of anilines is 1. The topological polar surface area (TPSA) is 81.2 Å². The fraction of sp³-hybridized carbons (Fsp3) is 0.167. The van der Waals surface area contributed by atoms with Gasteiger partial charge in [-0.3, -0.25) is 0 Å². The molecule has 0 fully saturated rings. The van der Waals surface area contributed by atoms with Gasteiger partial charge in [-0.1, -0.05) is 0 Å². The van der Waals surface area contributed by atoms with Crippen molar-refractivity contribution >= 4 is 31.9 Å². The minimum Gasteiger partial charge on any atom is -0.481 e. The fourth-order valence-electron chi connectivity index (χ4n) is 1.51. The lowest BCUT2D eigenvalue weighted by atomic mass is 10.3. The van der Waals surface area contributed by atoms with Gasteiger partial charge >= 0.3 is 0 Å². The molecule has 1 aromatic heterocycles. The molecule has 6 nitrogen and oxygen atoms in total. The van der Waals surface area contributed by atoms with Gasteiger partial charge < -0.3 is 4.74 Å². The number of methoxy groups -OCH3 is 1. The molecular formula is C12H11BrFN3O3S. The van der Waals surface area contributed by atoms with E-state index in [1.165, 1.54) is 19.2 Å². The molecule has 0 aliphatic heterocycles. The molecule has 0 aliphatic carbocycles. The normalized spacial score (nSPS) is 11.2. The van der Waals surface area contributed by atoms with E-state index in [4.69, 9.17) is 4.74 Å². The number of hydrogen-bond donors (Lipinski definition) is 1. The molecule has 0 amide bonds. The molecule has 0 saturated carbocycles. The first-order valence-corrected chi connectivity index (χ1v) is 7.97. The first-order chi connectivity index (χ1) is 9.81. The maximum absolute atomic E-state index is 13.4. The summed E-state index contributed by atoms with van der Waals surface area (Å²) in [7, 11) is -2.58. The van der Waals surface area contributed by atoms with Crippen molar-refractivity contribution in [3.8, 4) is 5.88 Å². The van der Waals surface area contributed by atoms with Gasteiger partial charge in [0.15, 0.2) is 0 Å². The molecular weight excluding hydrogens is 365 g/mol. The Morgan fingerprint density at radius 3 is 2.62 bits per heavy atom. The fourth-order valence-corrected chi connectivity index (χ4v) is 2.71. The maximum Gasteiger partial charge on any atom is 0.264 e. The van der Waals surface area contributed by atoms with E-state index in [1.807, 2.05) is 0 Å². The summed E-state index contributed by atoms with van der Waals surface area (Å²) >= 11 is 2.96. The molecule has 0 saturated heterocycles. The summed E-state index contributed by atoms with van der Waals surface area (Å²) in [6.07, 6.45) is 0. The molecule has 0 atom stereocenters. The van der Waals surface area contributed by atoms with Crippen molar-refractivity contribution in [1.82, 2.24) is 9.97 Å². The van der Waals surface area contributed by atoms with Gasteiger partial charge in [0, 0.05) is 11.8 Å². The molecule has 2 aromatic rings. The average molecular weight is 376 g/mol. The number of aromatic nitrogens is 2. The maximum atomic E-state index is 13.4. The standard InChI is InChI=1S/C12H11BrFN3O3S/c1-7-5-11(20-2)16-12(15-7)17-21(18,19)8-3-4-9(13)10(14)6-8/h3-6H,1-2H3,(H,15,16,17). The Balaban J connectivity index is 2.37. The quantitative estimate of drug-likeness (QED) is 0.887. The van der Waals surface area contributed by atoms with E-state index in [1.54, 1.807) is 13.0 Å².